The fraction of sp³-hybridized carbons (Fsp3) is 0.0769. The molecule has 1 rings (SSSR count). The van der Waals surface area contributed by atoms with Crippen LogP contribution in [0.4, 0.5) is 0 Å². The van der Waals surface area contributed by atoms with Crippen molar-refractivity contribution in [2.24, 2.45) is 0 Å². The Morgan fingerprint density at radius 2 is 1.53 bits per heavy atom. The Morgan fingerprint density at radius 1 is 1.00 bits per heavy atom. The first-order chi connectivity index (χ1) is 8.07. The van der Waals surface area contributed by atoms with Crippen molar-refractivity contribution in [3.05, 3.63) is 60.2 Å². The van der Waals surface area contributed by atoms with E-state index < -0.39 is 11.9 Å². The summed E-state index contributed by atoms with van der Waals surface area (Å²) < 4.78 is 0. The van der Waals surface area contributed by atoms with E-state index in [1.54, 1.807) is 37.3 Å². The van der Waals surface area contributed by atoms with Crippen LogP contribution < -0.4 is 69.3 Å². The summed E-state index contributed by atoms with van der Waals surface area (Å²) >= 11 is 0. The van der Waals surface area contributed by atoms with E-state index in [0.717, 1.165) is 6.08 Å². The van der Waals surface area contributed by atoms with E-state index in [2.05, 4.69) is 0 Å². The van der Waals surface area contributed by atoms with Crippen LogP contribution in [0.3, 0.4) is 0 Å². The van der Waals surface area contributed by atoms with Crippen molar-refractivity contribution < 1.29 is 78.9 Å². The fourth-order valence-corrected chi connectivity index (χ4v) is 0.819. The fourth-order valence-electron chi connectivity index (χ4n) is 0.819. The molecule has 0 aliphatic heterocycles. The molecule has 0 saturated carbocycles. The minimum absolute atomic E-state index is 0. The third kappa shape index (κ3) is 15.6. The van der Waals surface area contributed by atoms with Crippen LogP contribution >= 0.6 is 0 Å². The average Bonchev–Trinajstić information content (AvgIpc) is 2.31. The monoisotopic (exact) mass is 278 g/mol. The molecule has 0 heterocycles. The Bertz CT molecular complexity index is 414. The van der Waals surface area contributed by atoms with Crippen LogP contribution in [0, 0.1) is 0 Å². The maximum absolute atomic E-state index is 10.1. The topological polar surface area (TPSA) is 80.3 Å². The first-order valence-electron chi connectivity index (χ1n) is 4.84. The van der Waals surface area contributed by atoms with Gasteiger partial charge in [0.15, 0.2) is 0 Å². The molecule has 0 aromatic heterocycles. The van der Waals surface area contributed by atoms with Gasteiger partial charge >= 0.3 is 59.1 Å². The number of carboxylic acid groups (broad SMARTS) is 2. The molecule has 0 atom stereocenters. The molecular formula is C13H12Na2O4. The van der Waals surface area contributed by atoms with Gasteiger partial charge in [0.2, 0.25) is 0 Å². The summed E-state index contributed by atoms with van der Waals surface area (Å²) in [5, 5.41) is 19.7. The molecule has 0 amide bonds. The maximum Gasteiger partial charge on any atom is 1.00 e. The summed E-state index contributed by atoms with van der Waals surface area (Å²) in [5.41, 5.74) is 0.220. The zero-order valence-electron chi connectivity index (χ0n) is 11.3. The van der Waals surface area contributed by atoms with E-state index in [0.29, 0.717) is 0 Å². The molecule has 6 heteroatoms. The van der Waals surface area contributed by atoms with Gasteiger partial charge in [-0.2, -0.15) is 0 Å². The molecule has 1 aromatic carbocycles. The number of carbonyl (C=O) groups is 2. The summed E-state index contributed by atoms with van der Waals surface area (Å²) in [5.74, 6) is -2.29. The quantitative estimate of drug-likeness (QED) is 0.313. The zero-order chi connectivity index (χ0) is 13.1. The number of benzene rings is 1. The number of hydrogen-bond donors (Lipinski definition) is 0. The van der Waals surface area contributed by atoms with Crippen LogP contribution in [-0.4, -0.2) is 11.9 Å². The molecule has 0 fully saturated rings. The summed E-state index contributed by atoms with van der Waals surface area (Å²) in [4.78, 5) is 19.7. The average molecular weight is 278 g/mol. The summed E-state index contributed by atoms with van der Waals surface area (Å²) in [6.45, 7) is 1.81. The van der Waals surface area contributed by atoms with Crippen LogP contribution in [-0.2, 0) is 4.79 Å². The molecule has 0 aliphatic carbocycles. The smallest absolute Gasteiger partial charge is 0.545 e. The predicted octanol–water partition coefficient (Wildman–Crippen LogP) is -6.07. The third-order valence-electron chi connectivity index (χ3n) is 1.55. The Balaban J connectivity index is -0.000000246. The molecular weight excluding hydrogens is 266 g/mol. The second-order valence-electron chi connectivity index (χ2n) is 2.86. The summed E-state index contributed by atoms with van der Waals surface area (Å²) in [6.07, 6.45) is 5.74. The van der Waals surface area contributed by atoms with Gasteiger partial charge in [-0.3, -0.25) is 0 Å². The molecule has 4 nitrogen and oxygen atoms in total. The van der Waals surface area contributed by atoms with Crippen molar-refractivity contribution in [2.75, 3.05) is 0 Å². The van der Waals surface area contributed by atoms with Crippen molar-refractivity contribution >= 4 is 11.9 Å². The number of aromatic carboxylic acids is 1. The van der Waals surface area contributed by atoms with E-state index in [4.69, 9.17) is 0 Å². The Morgan fingerprint density at radius 3 is 1.84 bits per heavy atom. The molecule has 0 radical (unpaired) electrons. The molecule has 19 heavy (non-hydrogen) atoms. The van der Waals surface area contributed by atoms with Crippen LogP contribution in [0.5, 0.6) is 0 Å². The van der Waals surface area contributed by atoms with Gasteiger partial charge in [-0.05, 0) is 18.6 Å². The van der Waals surface area contributed by atoms with E-state index in [9.17, 15) is 19.8 Å². The maximum atomic E-state index is 10.1. The van der Waals surface area contributed by atoms with Gasteiger partial charge in [-0.15, -0.1) is 0 Å². The number of aliphatic carboxylic acids is 1. The van der Waals surface area contributed by atoms with Crippen molar-refractivity contribution in [1.29, 1.82) is 0 Å². The first kappa shape index (κ1) is 23.7. The SMILES string of the molecule is C/C=C/C=C/C(=O)[O-].O=C([O-])c1ccccc1.[Na+].[Na+]. The van der Waals surface area contributed by atoms with Gasteiger partial charge in [0.25, 0.3) is 0 Å². The van der Waals surface area contributed by atoms with Gasteiger partial charge in [-0.1, -0.05) is 48.6 Å². The molecule has 0 aliphatic rings. The van der Waals surface area contributed by atoms with Gasteiger partial charge in [0.1, 0.15) is 0 Å². The van der Waals surface area contributed by atoms with E-state index in [-0.39, 0.29) is 64.7 Å². The Labute approximate surface area is 156 Å². The summed E-state index contributed by atoms with van der Waals surface area (Å²) in [7, 11) is 0. The molecule has 0 saturated heterocycles. The summed E-state index contributed by atoms with van der Waals surface area (Å²) in [6, 6.07) is 8.06. The Kier molecular flexibility index (Phi) is 19.6. The van der Waals surface area contributed by atoms with Crippen LogP contribution in [0.1, 0.15) is 17.3 Å². The minimum Gasteiger partial charge on any atom is -0.545 e. The first-order valence-corrected chi connectivity index (χ1v) is 4.84. The number of rotatable bonds is 3. The number of carboxylic acids is 2. The third-order valence-corrected chi connectivity index (χ3v) is 1.55. The van der Waals surface area contributed by atoms with Gasteiger partial charge in [0.05, 0.1) is 11.9 Å². The molecule has 0 spiro atoms. The second kappa shape index (κ2) is 15.7. The molecule has 0 bridgehead atoms. The molecule has 1 aromatic rings. The number of hydrogen-bond acceptors (Lipinski definition) is 4. The normalized spacial score (nSPS) is 8.89. The van der Waals surface area contributed by atoms with Gasteiger partial charge < -0.3 is 19.8 Å². The number of allylic oxidation sites excluding steroid dienone is 3. The predicted molar refractivity (Wildman–Crippen MR) is 59.7 cm³/mol. The van der Waals surface area contributed by atoms with Crippen LogP contribution in [0.2, 0.25) is 0 Å². The standard InChI is InChI=1S/C7H6O2.C6H8O2.2Na/c8-7(9)6-4-2-1-3-5-6;1-2-3-4-5-6(7)8;;/h1-5H,(H,8,9);2-5H,1H3,(H,7,8);;/q;;2*+1/p-2/b;3-2+,5-4+;;. The van der Waals surface area contributed by atoms with Crippen molar-refractivity contribution in [3.8, 4) is 0 Å². The van der Waals surface area contributed by atoms with Crippen molar-refractivity contribution in [2.45, 2.75) is 6.92 Å². The van der Waals surface area contributed by atoms with E-state index >= 15 is 0 Å². The number of carbonyl (C=O) groups excluding carboxylic acids is 2. The van der Waals surface area contributed by atoms with Crippen LogP contribution in [0.15, 0.2) is 54.6 Å². The van der Waals surface area contributed by atoms with Crippen LogP contribution in [0.25, 0.3) is 0 Å². The second-order valence-corrected chi connectivity index (χ2v) is 2.86. The van der Waals surface area contributed by atoms with Gasteiger partial charge in [-0.25, -0.2) is 0 Å². The van der Waals surface area contributed by atoms with Gasteiger partial charge in [0, 0.05) is 0 Å². The zero-order valence-corrected chi connectivity index (χ0v) is 15.3. The van der Waals surface area contributed by atoms with Crippen molar-refractivity contribution in [1.82, 2.24) is 0 Å². The molecule has 0 unspecified atom stereocenters. The largest absolute Gasteiger partial charge is 1.00 e. The minimum atomic E-state index is -1.16. The van der Waals surface area contributed by atoms with E-state index in [1.165, 1.54) is 18.2 Å². The molecule has 90 valence electrons. The van der Waals surface area contributed by atoms with Crippen molar-refractivity contribution in [3.63, 3.8) is 0 Å². The van der Waals surface area contributed by atoms with E-state index in [1.807, 2.05) is 0 Å². The molecule has 0 N–H and O–H groups in total. The Hall–Kier alpha value is -0.360.